The van der Waals surface area contributed by atoms with Crippen molar-refractivity contribution in [1.29, 1.82) is 0 Å². The Labute approximate surface area is 123 Å². The van der Waals surface area contributed by atoms with Gasteiger partial charge in [-0.3, -0.25) is 10.1 Å². The standard InChI is InChI=1S/C17H28N2O/c1-7-17(5,6)19-16(20)14(4)18-13(3)15-10-8-9-12(2)11-15/h8-11,13-14,18H,7H2,1-6H3,(H,19,20)/t13-,14?/m1/s1. The maximum Gasteiger partial charge on any atom is 0.237 e. The number of nitrogens with one attached hydrogen (secondary N) is 2. The molecule has 20 heavy (non-hydrogen) atoms. The maximum atomic E-state index is 12.2. The van der Waals surface area contributed by atoms with E-state index >= 15 is 0 Å². The number of amides is 1. The molecule has 0 aliphatic heterocycles. The summed E-state index contributed by atoms with van der Waals surface area (Å²) in [6.07, 6.45) is 0.916. The van der Waals surface area contributed by atoms with Crippen LogP contribution in [0.2, 0.25) is 0 Å². The molecule has 1 rings (SSSR count). The van der Waals surface area contributed by atoms with E-state index in [2.05, 4.69) is 49.6 Å². The van der Waals surface area contributed by atoms with E-state index in [9.17, 15) is 4.79 Å². The van der Waals surface area contributed by atoms with Crippen LogP contribution in [0.1, 0.15) is 58.2 Å². The molecule has 0 spiro atoms. The number of carbonyl (C=O) groups excluding carboxylic acids is 1. The molecule has 112 valence electrons. The van der Waals surface area contributed by atoms with Crippen LogP contribution in [0.3, 0.4) is 0 Å². The molecule has 1 amide bonds. The molecule has 0 saturated carbocycles. The van der Waals surface area contributed by atoms with E-state index in [1.807, 2.05) is 26.8 Å². The fourth-order valence-electron chi connectivity index (χ4n) is 2.02. The maximum absolute atomic E-state index is 12.2. The van der Waals surface area contributed by atoms with Crippen LogP contribution < -0.4 is 10.6 Å². The second-order valence-electron chi connectivity index (χ2n) is 6.25. The molecule has 0 fully saturated rings. The summed E-state index contributed by atoms with van der Waals surface area (Å²) in [5.74, 6) is 0.0522. The number of aryl methyl sites for hydroxylation is 1. The molecule has 0 bridgehead atoms. The molecule has 1 unspecified atom stereocenters. The van der Waals surface area contributed by atoms with Gasteiger partial charge in [0.05, 0.1) is 6.04 Å². The highest BCUT2D eigenvalue weighted by Gasteiger charge is 2.22. The quantitative estimate of drug-likeness (QED) is 0.836. The van der Waals surface area contributed by atoms with E-state index in [4.69, 9.17) is 0 Å². The minimum atomic E-state index is -0.212. The number of hydrogen-bond donors (Lipinski definition) is 2. The summed E-state index contributed by atoms with van der Waals surface area (Å²) >= 11 is 0. The molecule has 0 radical (unpaired) electrons. The summed E-state index contributed by atoms with van der Waals surface area (Å²) in [7, 11) is 0. The van der Waals surface area contributed by atoms with E-state index in [0.717, 1.165) is 6.42 Å². The Balaban J connectivity index is 2.61. The molecule has 3 heteroatoms. The van der Waals surface area contributed by atoms with Crippen molar-refractivity contribution in [3.63, 3.8) is 0 Å². The molecular weight excluding hydrogens is 248 g/mol. The van der Waals surface area contributed by atoms with Crippen molar-refractivity contribution >= 4 is 5.91 Å². The van der Waals surface area contributed by atoms with Gasteiger partial charge in [-0.25, -0.2) is 0 Å². The molecular formula is C17H28N2O. The summed E-state index contributed by atoms with van der Waals surface area (Å²) in [6, 6.07) is 8.31. The highest BCUT2D eigenvalue weighted by atomic mass is 16.2. The monoisotopic (exact) mass is 276 g/mol. The molecule has 0 aromatic heterocycles. The average Bonchev–Trinajstić information content (AvgIpc) is 2.38. The Bertz CT molecular complexity index is 454. The van der Waals surface area contributed by atoms with E-state index in [0.29, 0.717) is 0 Å². The lowest BCUT2D eigenvalue weighted by atomic mass is 10.0. The van der Waals surface area contributed by atoms with Crippen LogP contribution in [0.25, 0.3) is 0 Å². The van der Waals surface area contributed by atoms with Crippen LogP contribution in [0.5, 0.6) is 0 Å². The molecule has 1 aromatic carbocycles. The van der Waals surface area contributed by atoms with Crippen LogP contribution in [0.4, 0.5) is 0 Å². The first-order valence-corrected chi connectivity index (χ1v) is 7.40. The smallest absolute Gasteiger partial charge is 0.237 e. The summed E-state index contributed by atoms with van der Waals surface area (Å²) in [5.41, 5.74) is 2.29. The first-order chi connectivity index (χ1) is 9.25. The van der Waals surface area contributed by atoms with Crippen molar-refractivity contribution in [1.82, 2.24) is 10.6 Å². The minimum absolute atomic E-state index is 0.0522. The van der Waals surface area contributed by atoms with Crippen molar-refractivity contribution < 1.29 is 4.79 Å². The number of carbonyl (C=O) groups is 1. The number of rotatable bonds is 6. The lowest BCUT2D eigenvalue weighted by Crippen LogP contribution is -2.51. The van der Waals surface area contributed by atoms with E-state index in [-0.39, 0.29) is 23.5 Å². The molecule has 2 atom stereocenters. The zero-order chi connectivity index (χ0) is 15.3. The minimum Gasteiger partial charge on any atom is -0.350 e. The molecule has 2 N–H and O–H groups in total. The zero-order valence-electron chi connectivity index (χ0n) is 13.6. The van der Waals surface area contributed by atoms with Crippen LogP contribution >= 0.6 is 0 Å². The highest BCUT2D eigenvalue weighted by molar-refractivity contribution is 5.82. The largest absolute Gasteiger partial charge is 0.350 e. The van der Waals surface area contributed by atoms with Gasteiger partial charge < -0.3 is 5.32 Å². The van der Waals surface area contributed by atoms with Gasteiger partial charge in [-0.05, 0) is 46.6 Å². The third-order valence-electron chi connectivity index (χ3n) is 3.78. The molecule has 1 aromatic rings. The Morgan fingerprint density at radius 2 is 1.95 bits per heavy atom. The van der Waals surface area contributed by atoms with Crippen LogP contribution in [-0.2, 0) is 4.79 Å². The average molecular weight is 276 g/mol. The molecule has 3 nitrogen and oxygen atoms in total. The summed E-state index contributed by atoms with van der Waals surface area (Å²) in [6.45, 7) is 12.2. The lowest BCUT2D eigenvalue weighted by Gasteiger charge is -2.28. The van der Waals surface area contributed by atoms with Gasteiger partial charge in [0.1, 0.15) is 0 Å². The van der Waals surface area contributed by atoms with Gasteiger partial charge in [0, 0.05) is 11.6 Å². The Morgan fingerprint density at radius 3 is 2.50 bits per heavy atom. The topological polar surface area (TPSA) is 41.1 Å². The van der Waals surface area contributed by atoms with Gasteiger partial charge in [-0.2, -0.15) is 0 Å². The predicted molar refractivity (Wildman–Crippen MR) is 84.7 cm³/mol. The zero-order valence-corrected chi connectivity index (χ0v) is 13.6. The fourth-order valence-corrected chi connectivity index (χ4v) is 2.02. The van der Waals surface area contributed by atoms with Gasteiger partial charge in [0.25, 0.3) is 0 Å². The van der Waals surface area contributed by atoms with Crippen molar-refractivity contribution in [2.24, 2.45) is 0 Å². The van der Waals surface area contributed by atoms with E-state index in [1.54, 1.807) is 0 Å². The molecule has 0 saturated heterocycles. The Morgan fingerprint density at radius 1 is 1.30 bits per heavy atom. The third kappa shape index (κ3) is 4.97. The molecule has 0 aliphatic carbocycles. The molecule has 0 heterocycles. The lowest BCUT2D eigenvalue weighted by molar-refractivity contribution is -0.124. The predicted octanol–water partition coefficient (Wildman–Crippen LogP) is 3.34. The highest BCUT2D eigenvalue weighted by Crippen LogP contribution is 2.15. The van der Waals surface area contributed by atoms with Crippen molar-refractivity contribution in [2.75, 3.05) is 0 Å². The van der Waals surface area contributed by atoms with Crippen LogP contribution in [0, 0.1) is 6.92 Å². The normalized spacial score (nSPS) is 14.7. The van der Waals surface area contributed by atoms with Crippen molar-refractivity contribution in [3.05, 3.63) is 35.4 Å². The number of hydrogen-bond acceptors (Lipinski definition) is 2. The van der Waals surface area contributed by atoms with Gasteiger partial charge in [-0.15, -0.1) is 0 Å². The van der Waals surface area contributed by atoms with E-state index in [1.165, 1.54) is 11.1 Å². The van der Waals surface area contributed by atoms with E-state index < -0.39 is 0 Å². The molecule has 0 aliphatic rings. The van der Waals surface area contributed by atoms with Crippen molar-refractivity contribution in [2.45, 2.75) is 65.6 Å². The SMILES string of the molecule is CCC(C)(C)NC(=O)C(C)N[C@H](C)c1cccc(C)c1. The second kappa shape index (κ2) is 6.89. The summed E-state index contributed by atoms with van der Waals surface area (Å²) < 4.78 is 0. The first kappa shape index (κ1) is 16.7. The van der Waals surface area contributed by atoms with Gasteiger partial charge in [0.15, 0.2) is 0 Å². The summed E-state index contributed by atoms with van der Waals surface area (Å²) in [4.78, 5) is 12.2. The second-order valence-corrected chi connectivity index (χ2v) is 6.25. The summed E-state index contributed by atoms with van der Waals surface area (Å²) in [5, 5.41) is 6.43. The number of benzene rings is 1. The van der Waals surface area contributed by atoms with Gasteiger partial charge in [0.2, 0.25) is 5.91 Å². The van der Waals surface area contributed by atoms with Crippen molar-refractivity contribution in [3.8, 4) is 0 Å². The van der Waals surface area contributed by atoms with Crippen LogP contribution in [0.15, 0.2) is 24.3 Å². The van der Waals surface area contributed by atoms with Gasteiger partial charge >= 0.3 is 0 Å². The van der Waals surface area contributed by atoms with Crippen LogP contribution in [-0.4, -0.2) is 17.5 Å². The van der Waals surface area contributed by atoms with Gasteiger partial charge in [-0.1, -0.05) is 36.8 Å². The Hall–Kier alpha value is -1.35. The third-order valence-corrected chi connectivity index (χ3v) is 3.78. The first-order valence-electron chi connectivity index (χ1n) is 7.40. The fraction of sp³-hybridized carbons (Fsp3) is 0.588. The Kier molecular flexibility index (Phi) is 5.75.